The Morgan fingerprint density at radius 1 is 1.00 bits per heavy atom. The highest BCUT2D eigenvalue weighted by molar-refractivity contribution is 7.86. The van der Waals surface area contributed by atoms with Gasteiger partial charge in [0.05, 0.1) is 11.0 Å². The van der Waals surface area contributed by atoms with Crippen LogP contribution in [0.4, 0.5) is 0 Å². The smallest absolute Gasteiger partial charge is 0.335 e. The first-order valence-corrected chi connectivity index (χ1v) is 10.6. The van der Waals surface area contributed by atoms with Crippen molar-refractivity contribution in [2.75, 3.05) is 13.2 Å². The normalized spacial score (nSPS) is 12.6. The summed E-state index contributed by atoms with van der Waals surface area (Å²) >= 11 is 0. The van der Waals surface area contributed by atoms with Gasteiger partial charge in [-0.2, -0.15) is 8.42 Å². The minimum absolute atomic E-state index is 0.0494. The summed E-state index contributed by atoms with van der Waals surface area (Å²) in [5, 5.41) is 9.87. The SMILES string of the molecule is Cc1ccc(S(=O)(=O)OCCOc2ccc(C[C@H](O)C(=O)OC(C)C)cc2)cc1. The molecule has 1 N–H and O–H groups in total. The molecule has 1 atom stereocenters. The third kappa shape index (κ3) is 7.49. The summed E-state index contributed by atoms with van der Waals surface area (Å²) in [5.74, 6) is -0.142. The van der Waals surface area contributed by atoms with Crippen molar-refractivity contribution in [1.29, 1.82) is 0 Å². The predicted molar refractivity (Wildman–Crippen MR) is 107 cm³/mol. The van der Waals surface area contributed by atoms with Crippen molar-refractivity contribution in [3.05, 3.63) is 59.7 Å². The van der Waals surface area contributed by atoms with Crippen LogP contribution in [0.2, 0.25) is 0 Å². The first kappa shape index (κ1) is 22.9. The molecule has 2 aromatic carbocycles. The zero-order valence-corrected chi connectivity index (χ0v) is 17.5. The van der Waals surface area contributed by atoms with Crippen LogP contribution in [0.5, 0.6) is 5.75 Å². The van der Waals surface area contributed by atoms with E-state index in [2.05, 4.69) is 0 Å². The maximum absolute atomic E-state index is 12.1. The molecule has 158 valence electrons. The highest BCUT2D eigenvalue weighted by Crippen LogP contribution is 2.16. The molecule has 0 radical (unpaired) electrons. The highest BCUT2D eigenvalue weighted by atomic mass is 32.2. The first-order valence-electron chi connectivity index (χ1n) is 9.24. The Kier molecular flexibility index (Phi) is 8.19. The molecule has 8 heteroatoms. The highest BCUT2D eigenvalue weighted by Gasteiger charge is 2.18. The molecule has 0 aromatic heterocycles. The summed E-state index contributed by atoms with van der Waals surface area (Å²) in [4.78, 5) is 11.7. The van der Waals surface area contributed by atoms with Crippen LogP contribution >= 0.6 is 0 Å². The van der Waals surface area contributed by atoms with Crippen molar-refractivity contribution in [1.82, 2.24) is 0 Å². The molecule has 7 nitrogen and oxygen atoms in total. The number of benzene rings is 2. The molecule has 29 heavy (non-hydrogen) atoms. The molecule has 0 saturated carbocycles. The van der Waals surface area contributed by atoms with E-state index in [-0.39, 0.29) is 30.6 Å². The number of aryl methyl sites for hydroxylation is 1. The zero-order valence-electron chi connectivity index (χ0n) is 16.7. The quantitative estimate of drug-likeness (QED) is 0.357. The number of aliphatic hydroxyl groups is 1. The van der Waals surface area contributed by atoms with E-state index in [1.54, 1.807) is 50.2 Å². The van der Waals surface area contributed by atoms with Gasteiger partial charge >= 0.3 is 5.97 Å². The number of carbonyl (C=O) groups excluding carboxylic acids is 1. The summed E-state index contributed by atoms with van der Waals surface area (Å²) in [5.41, 5.74) is 1.70. The van der Waals surface area contributed by atoms with E-state index < -0.39 is 22.2 Å². The standard InChI is InChI=1S/C21H26O7S/c1-15(2)28-21(23)20(22)14-17-6-8-18(9-7-17)26-12-13-27-29(24,25)19-10-4-16(3)5-11-19/h4-11,15,20,22H,12-14H2,1-3H3/t20-/m0/s1. The van der Waals surface area contributed by atoms with Gasteiger partial charge < -0.3 is 14.6 Å². The van der Waals surface area contributed by atoms with E-state index in [9.17, 15) is 18.3 Å². The van der Waals surface area contributed by atoms with Crippen LogP contribution in [0.25, 0.3) is 0 Å². The molecule has 0 aliphatic rings. The molecule has 2 rings (SSSR count). The van der Waals surface area contributed by atoms with E-state index in [1.165, 1.54) is 12.1 Å². The van der Waals surface area contributed by atoms with Crippen LogP contribution in [0, 0.1) is 6.92 Å². The van der Waals surface area contributed by atoms with Crippen LogP contribution in [-0.4, -0.2) is 44.9 Å². The van der Waals surface area contributed by atoms with Gasteiger partial charge in [0.1, 0.15) is 19.0 Å². The summed E-state index contributed by atoms with van der Waals surface area (Å²) in [6, 6.07) is 13.2. The Hall–Kier alpha value is -2.42. The van der Waals surface area contributed by atoms with Gasteiger partial charge in [-0.3, -0.25) is 4.18 Å². The maximum Gasteiger partial charge on any atom is 0.335 e. The molecule has 0 saturated heterocycles. The number of ether oxygens (including phenoxy) is 2. The van der Waals surface area contributed by atoms with E-state index in [0.29, 0.717) is 5.75 Å². The molecule has 0 amide bonds. The van der Waals surface area contributed by atoms with Gasteiger partial charge in [0.2, 0.25) is 0 Å². The van der Waals surface area contributed by atoms with Gasteiger partial charge in [-0.05, 0) is 50.6 Å². The van der Waals surface area contributed by atoms with Crippen molar-refractivity contribution >= 4 is 16.1 Å². The number of hydrogen-bond acceptors (Lipinski definition) is 7. The Morgan fingerprint density at radius 2 is 1.62 bits per heavy atom. The molecule has 2 aromatic rings. The third-order valence-electron chi connectivity index (χ3n) is 3.88. The predicted octanol–water partition coefficient (Wildman–Crippen LogP) is 2.63. The fraction of sp³-hybridized carbons (Fsp3) is 0.381. The molecule has 0 heterocycles. The van der Waals surface area contributed by atoms with Gasteiger partial charge in [0.15, 0.2) is 6.10 Å². The van der Waals surface area contributed by atoms with Crippen LogP contribution in [0.3, 0.4) is 0 Å². The van der Waals surface area contributed by atoms with Crippen LogP contribution in [0.15, 0.2) is 53.4 Å². The fourth-order valence-corrected chi connectivity index (χ4v) is 3.31. The van der Waals surface area contributed by atoms with Crippen molar-refractivity contribution in [3.63, 3.8) is 0 Å². The Bertz CT molecular complexity index is 888. The Morgan fingerprint density at radius 3 is 2.21 bits per heavy atom. The molecule has 0 aliphatic carbocycles. The van der Waals surface area contributed by atoms with Gasteiger partial charge in [-0.1, -0.05) is 29.8 Å². The van der Waals surface area contributed by atoms with Gasteiger partial charge in [-0.15, -0.1) is 0 Å². The van der Waals surface area contributed by atoms with E-state index in [0.717, 1.165) is 11.1 Å². The van der Waals surface area contributed by atoms with Crippen molar-refractivity contribution in [3.8, 4) is 5.75 Å². The minimum atomic E-state index is -3.82. The second-order valence-corrected chi connectivity index (χ2v) is 8.40. The molecule has 0 aliphatic heterocycles. The summed E-state index contributed by atoms with van der Waals surface area (Å²) < 4.78 is 39.6. The van der Waals surface area contributed by atoms with Gasteiger partial charge in [-0.25, -0.2) is 4.79 Å². The monoisotopic (exact) mass is 422 g/mol. The fourth-order valence-electron chi connectivity index (χ4n) is 2.42. The topological polar surface area (TPSA) is 99.1 Å². The van der Waals surface area contributed by atoms with Crippen molar-refractivity contribution in [2.45, 2.75) is 44.3 Å². The van der Waals surface area contributed by atoms with Gasteiger partial charge in [0, 0.05) is 6.42 Å². The molecular formula is C21H26O7S. The molecule has 0 spiro atoms. The largest absolute Gasteiger partial charge is 0.491 e. The van der Waals surface area contributed by atoms with Crippen molar-refractivity contribution < 1.29 is 32.0 Å². The lowest BCUT2D eigenvalue weighted by Gasteiger charge is -2.13. The Balaban J connectivity index is 1.78. The lowest BCUT2D eigenvalue weighted by molar-refractivity contribution is -0.157. The average Bonchev–Trinajstić information content (AvgIpc) is 2.66. The third-order valence-corrected chi connectivity index (χ3v) is 5.20. The Labute approximate surface area is 171 Å². The first-order chi connectivity index (χ1) is 13.7. The van der Waals surface area contributed by atoms with Crippen LogP contribution in [0.1, 0.15) is 25.0 Å². The number of rotatable bonds is 10. The minimum Gasteiger partial charge on any atom is -0.491 e. The molecular weight excluding hydrogens is 396 g/mol. The van der Waals surface area contributed by atoms with Crippen molar-refractivity contribution in [2.24, 2.45) is 0 Å². The van der Waals surface area contributed by atoms with E-state index in [1.807, 2.05) is 6.92 Å². The number of esters is 1. The zero-order chi connectivity index (χ0) is 21.4. The number of hydrogen-bond donors (Lipinski definition) is 1. The number of aliphatic hydroxyl groups excluding tert-OH is 1. The lowest BCUT2D eigenvalue weighted by atomic mass is 10.1. The average molecular weight is 422 g/mol. The maximum atomic E-state index is 12.1. The molecule has 0 fully saturated rings. The second kappa shape index (κ2) is 10.4. The van der Waals surface area contributed by atoms with Crippen LogP contribution < -0.4 is 4.74 Å². The summed E-state index contributed by atoms with van der Waals surface area (Å²) in [6.45, 7) is 5.22. The second-order valence-electron chi connectivity index (χ2n) is 6.79. The number of carbonyl (C=O) groups is 1. The summed E-state index contributed by atoms with van der Waals surface area (Å²) in [6.07, 6.45) is -1.39. The van der Waals surface area contributed by atoms with E-state index >= 15 is 0 Å². The molecule has 0 bridgehead atoms. The summed E-state index contributed by atoms with van der Waals surface area (Å²) in [7, 11) is -3.82. The van der Waals surface area contributed by atoms with Crippen LogP contribution in [-0.2, 0) is 30.3 Å². The molecule has 0 unspecified atom stereocenters. The van der Waals surface area contributed by atoms with E-state index in [4.69, 9.17) is 13.7 Å². The lowest BCUT2D eigenvalue weighted by Crippen LogP contribution is -2.27. The van der Waals surface area contributed by atoms with Gasteiger partial charge in [0.25, 0.3) is 10.1 Å².